The molecule has 0 radical (unpaired) electrons. The number of hydrogen-bond donors (Lipinski definition) is 0. The summed E-state index contributed by atoms with van der Waals surface area (Å²) in [5.74, 6) is -1.60. The molecule has 2 aliphatic heterocycles. The van der Waals surface area contributed by atoms with Gasteiger partial charge in [0.25, 0.3) is 11.7 Å². The number of halogens is 1. The molecule has 2 heterocycles. The normalized spacial score (nSPS) is 19.7. The molecule has 1 amide bonds. The number of hydrogen-bond acceptors (Lipinski definition) is 3. The van der Waals surface area contributed by atoms with Crippen molar-refractivity contribution < 1.29 is 14.3 Å². The minimum atomic E-state index is -1.48. The number of ether oxygens (including phenoxy) is 2. The Labute approximate surface area is 200 Å². The van der Waals surface area contributed by atoms with Crippen LogP contribution >= 0.6 is 11.6 Å². The second-order valence-corrected chi connectivity index (χ2v) is 9.30. The molecule has 5 rings (SSSR count). The van der Waals surface area contributed by atoms with Gasteiger partial charge in [0.15, 0.2) is 0 Å². The van der Waals surface area contributed by atoms with Crippen LogP contribution in [0, 0.1) is 0 Å². The van der Waals surface area contributed by atoms with Crippen molar-refractivity contribution >= 4 is 17.5 Å². The van der Waals surface area contributed by atoms with Crippen molar-refractivity contribution in [3.8, 4) is 0 Å². The molecule has 5 heteroatoms. The van der Waals surface area contributed by atoms with Crippen LogP contribution in [0.1, 0.15) is 36.0 Å². The molecule has 0 N–H and O–H groups in total. The van der Waals surface area contributed by atoms with E-state index in [2.05, 4.69) is 24.3 Å². The molecule has 33 heavy (non-hydrogen) atoms. The van der Waals surface area contributed by atoms with E-state index >= 15 is 0 Å². The third-order valence-corrected chi connectivity index (χ3v) is 7.10. The van der Waals surface area contributed by atoms with Gasteiger partial charge in [-0.3, -0.25) is 4.79 Å². The number of carbonyl (C=O) groups is 1. The van der Waals surface area contributed by atoms with Gasteiger partial charge in [0.05, 0.1) is 18.6 Å². The van der Waals surface area contributed by atoms with Gasteiger partial charge in [0.1, 0.15) is 0 Å². The number of rotatable bonds is 4. The maximum atomic E-state index is 13.9. The van der Waals surface area contributed by atoms with Gasteiger partial charge in [-0.1, -0.05) is 84.4 Å². The van der Waals surface area contributed by atoms with Crippen LogP contribution < -0.4 is 0 Å². The number of carbonyl (C=O) groups excluding carboxylic acids is 1. The van der Waals surface area contributed by atoms with Crippen molar-refractivity contribution in [3.05, 3.63) is 107 Å². The van der Waals surface area contributed by atoms with Crippen molar-refractivity contribution in [3.63, 3.8) is 0 Å². The van der Waals surface area contributed by atoms with Gasteiger partial charge in [0, 0.05) is 23.7 Å². The van der Waals surface area contributed by atoms with E-state index in [-0.39, 0.29) is 5.91 Å². The molecule has 0 spiro atoms. The monoisotopic (exact) mass is 461 g/mol. The topological polar surface area (TPSA) is 38.8 Å². The van der Waals surface area contributed by atoms with E-state index in [9.17, 15) is 4.79 Å². The summed E-state index contributed by atoms with van der Waals surface area (Å²) in [6.07, 6.45) is 3.14. The van der Waals surface area contributed by atoms with Crippen LogP contribution in [0.25, 0.3) is 0 Å². The number of piperidine rings is 1. The quantitative estimate of drug-likeness (QED) is 0.512. The molecule has 3 aromatic carbocycles. The molecule has 0 bridgehead atoms. The highest BCUT2D eigenvalue weighted by molar-refractivity contribution is 6.30. The summed E-state index contributed by atoms with van der Waals surface area (Å²) in [6.45, 7) is 2.10. The van der Waals surface area contributed by atoms with E-state index in [1.54, 1.807) is 12.1 Å². The summed E-state index contributed by atoms with van der Waals surface area (Å²) >= 11 is 6.15. The average molecular weight is 462 g/mol. The van der Waals surface area contributed by atoms with Gasteiger partial charge in [-0.15, -0.1) is 0 Å². The summed E-state index contributed by atoms with van der Waals surface area (Å²) in [5.41, 5.74) is 2.37. The maximum Gasteiger partial charge on any atom is 0.288 e. The fraction of sp³-hybridized carbons (Fsp3) is 0.321. The first-order valence-electron chi connectivity index (χ1n) is 11.6. The Morgan fingerprint density at radius 2 is 1.21 bits per heavy atom. The van der Waals surface area contributed by atoms with Crippen LogP contribution in [-0.4, -0.2) is 37.1 Å². The standard InChI is InChI=1S/C28H28ClNO3/c29-25-16-14-24(15-17-25)28(26(31)30-18-8-3-9-19-30)32-20-27(21-33-28,22-10-4-1-5-11-22)23-12-6-2-7-13-23/h1-2,4-7,10-17H,3,8-9,18-21H2. The van der Waals surface area contributed by atoms with E-state index in [0.717, 1.165) is 43.5 Å². The smallest absolute Gasteiger partial charge is 0.288 e. The Kier molecular flexibility index (Phi) is 6.24. The van der Waals surface area contributed by atoms with Gasteiger partial charge >= 0.3 is 0 Å². The van der Waals surface area contributed by atoms with Crippen LogP contribution in [0.2, 0.25) is 5.02 Å². The fourth-order valence-electron chi connectivity index (χ4n) is 4.94. The second-order valence-electron chi connectivity index (χ2n) is 8.87. The summed E-state index contributed by atoms with van der Waals surface area (Å²) in [4.78, 5) is 15.8. The second kappa shape index (κ2) is 9.30. The first-order valence-corrected chi connectivity index (χ1v) is 12.0. The van der Waals surface area contributed by atoms with Gasteiger partial charge < -0.3 is 14.4 Å². The lowest BCUT2D eigenvalue weighted by Crippen LogP contribution is -2.58. The zero-order valence-electron chi connectivity index (χ0n) is 18.6. The van der Waals surface area contributed by atoms with Gasteiger partial charge in [-0.25, -0.2) is 0 Å². The van der Waals surface area contributed by atoms with E-state index in [1.807, 2.05) is 53.4 Å². The molecule has 0 atom stereocenters. The lowest BCUT2D eigenvalue weighted by Gasteiger charge is -2.47. The van der Waals surface area contributed by atoms with Crippen molar-refractivity contribution in [2.45, 2.75) is 30.5 Å². The third kappa shape index (κ3) is 4.08. The highest BCUT2D eigenvalue weighted by Crippen LogP contribution is 2.44. The predicted octanol–water partition coefficient (Wildman–Crippen LogP) is 5.54. The summed E-state index contributed by atoms with van der Waals surface area (Å²) in [7, 11) is 0. The van der Waals surface area contributed by atoms with Crippen molar-refractivity contribution in [1.82, 2.24) is 4.90 Å². The summed E-state index contributed by atoms with van der Waals surface area (Å²) < 4.78 is 13.1. The molecular formula is C28H28ClNO3. The molecule has 4 nitrogen and oxygen atoms in total. The van der Waals surface area contributed by atoms with Gasteiger partial charge in [-0.05, 0) is 42.5 Å². The van der Waals surface area contributed by atoms with Crippen molar-refractivity contribution in [2.75, 3.05) is 26.3 Å². The first-order chi connectivity index (χ1) is 16.1. The number of amides is 1. The highest BCUT2D eigenvalue weighted by Gasteiger charge is 2.53. The van der Waals surface area contributed by atoms with Crippen LogP contribution in [0.5, 0.6) is 0 Å². The average Bonchev–Trinajstić information content (AvgIpc) is 2.90. The molecule has 2 aliphatic rings. The molecule has 0 saturated carbocycles. The lowest BCUT2D eigenvalue weighted by molar-refractivity contribution is -0.283. The SMILES string of the molecule is O=C(N1CCCCC1)C1(c2ccc(Cl)cc2)OCC(c2ccccc2)(c2ccccc2)CO1. The molecule has 3 aromatic rings. The zero-order chi connectivity index (χ0) is 22.7. The predicted molar refractivity (Wildman–Crippen MR) is 129 cm³/mol. The molecule has 0 unspecified atom stereocenters. The van der Waals surface area contributed by atoms with Gasteiger partial charge in [-0.2, -0.15) is 0 Å². The van der Waals surface area contributed by atoms with E-state index in [4.69, 9.17) is 21.1 Å². The largest absolute Gasteiger partial charge is 0.338 e. The minimum Gasteiger partial charge on any atom is -0.338 e. The van der Waals surface area contributed by atoms with Crippen LogP contribution in [0.4, 0.5) is 0 Å². The first kappa shape index (κ1) is 22.1. The lowest BCUT2D eigenvalue weighted by atomic mass is 9.75. The Bertz CT molecular complexity index is 1030. The zero-order valence-corrected chi connectivity index (χ0v) is 19.3. The van der Waals surface area contributed by atoms with Crippen molar-refractivity contribution in [2.24, 2.45) is 0 Å². The molecule has 170 valence electrons. The summed E-state index contributed by atoms with van der Waals surface area (Å²) in [5, 5.41) is 0.609. The highest BCUT2D eigenvalue weighted by atomic mass is 35.5. The fourth-order valence-corrected chi connectivity index (χ4v) is 5.06. The van der Waals surface area contributed by atoms with E-state index < -0.39 is 11.2 Å². The molecule has 2 fully saturated rings. The van der Waals surface area contributed by atoms with E-state index in [1.165, 1.54) is 0 Å². The van der Waals surface area contributed by atoms with Crippen molar-refractivity contribution in [1.29, 1.82) is 0 Å². The molecular weight excluding hydrogens is 434 g/mol. The minimum absolute atomic E-state index is 0.126. The Morgan fingerprint density at radius 3 is 1.73 bits per heavy atom. The molecule has 0 aromatic heterocycles. The van der Waals surface area contributed by atoms with Gasteiger partial charge in [0.2, 0.25) is 0 Å². The van der Waals surface area contributed by atoms with E-state index in [0.29, 0.717) is 23.8 Å². The number of benzene rings is 3. The van der Waals surface area contributed by atoms with Crippen LogP contribution in [-0.2, 0) is 25.5 Å². The van der Waals surface area contributed by atoms with Crippen LogP contribution in [0.15, 0.2) is 84.9 Å². The number of nitrogens with zero attached hydrogens (tertiary/aromatic N) is 1. The Balaban J connectivity index is 1.55. The third-order valence-electron chi connectivity index (χ3n) is 6.85. The maximum absolute atomic E-state index is 13.9. The number of likely N-dealkylation sites (tertiary alicyclic amines) is 1. The summed E-state index contributed by atoms with van der Waals surface area (Å²) in [6, 6.07) is 27.8. The van der Waals surface area contributed by atoms with Crippen LogP contribution in [0.3, 0.4) is 0 Å². The Hall–Kier alpha value is -2.66. The molecule has 2 saturated heterocycles. The molecule has 0 aliphatic carbocycles. The Morgan fingerprint density at radius 1 is 0.697 bits per heavy atom.